The maximum absolute atomic E-state index is 8.75. The molecule has 0 amide bonds. The fraction of sp³-hybridized carbons (Fsp3) is 0.231. The third-order valence-corrected chi connectivity index (χ3v) is 3.92. The highest BCUT2D eigenvalue weighted by molar-refractivity contribution is 7.09. The molecule has 0 radical (unpaired) electrons. The van der Waals surface area contributed by atoms with Crippen molar-refractivity contribution in [3.63, 3.8) is 0 Å². The van der Waals surface area contributed by atoms with Crippen molar-refractivity contribution in [1.82, 2.24) is 4.98 Å². The molecule has 2 aromatic rings. The Bertz CT molecular complexity index is 586. The highest BCUT2D eigenvalue weighted by atomic mass is 35.5. The largest absolute Gasteiger partial charge is 0.383 e. The van der Waals surface area contributed by atoms with Crippen molar-refractivity contribution < 1.29 is 0 Å². The Labute approximate surface area is 115 Å². The predicted molar refractivity (Wildman–Crippen MR) is 75.2 cm³/mol. The lowest BCUT2D eigenvalue weighted by atomic mass is 10.2. The van der Waals surface area contributed by atoms with Gasteiger partial charge in [-0.1, -0.05) is 11.6 Å². The second-order valence-electron chi connectivity index (χ2n) is 3.84. The normalized spacial score (nSPS) is 10.1. The number of anilines is 1. The summed E-state index contributed by atoms with van der Waals surface area (Å²) in [5.41, 5.74) is 4.38. The molecule has 1 aromatic heterocycles. The van der Waals surface area contributed by atoms with Crippen LogP contribution in [0.15, 0.2) is 23.7 Å². The van der Waals surface area contributed by atoms with E-state index in [-0.39, 0.29) is 0 Å². The molecule has 18 heavy (non-hydrogen) atoms. The molecule has 0 saturated heterocycles. The van der Waals surface area contributed by atoms with E-state index in [2.05, 4.69) is 16.4 Å². The summed E-state index contributed by atoms with van der Waals surface area (Å²) < 4.78 is 0. The lowest BCUT2D eigenvalue weighted by Crippen LogP contribution is -2.05. The lowest BCUT2D eigenvalue weighted by molar-refractivity contribution is 1.02. The number of halogens is 1. The van der Waals surface area contributed by atoms with Gasteiger partial charge in [0.1, 0.15) is 0 Å². The van der Waals surface area contributed by atoms with Crippen LogP contribution in [-0.4, -0.2) is 11.5 Å². The van der Waals surface area contributed by atoms with Gasteiger partial charge in [-0.2, -0.15) is 5.26 Å². The van der Waals surface area contributed by atoms with Gasteiger partial charge in [-0.3, -0.25) is 0 Å². The third-order valence-electron chi connectivity index (χ3n) is 2.61. The number of thiazole rings is 1. The van der Waals surface area contributed by atoms with E-state index in [0.29, 0.717) is 10.6 Å². The Balaban J connectivity index is 1.95. The van der Waals surface area contributed by atoms with Gasteiger partial charge in [-0.05, 0) is 25.1 Å². The molecule has 0 spiro atoms. The molecule has 1 N–H and O–H groups in total. The van der Waals surface area contributed by atoms with Crippen LogP contribution in [0, 0.1) is 18.3 Å². The van der Waals surface area contributed by atoms with Crippen molar-refractivity contribution in [2.24, 2.45) is 0 Å². The zero-order valence-electron chi connectivity index (χ0n) is 9.90. The van der Waals surface area contributed by atoms with Gasteiger partial charge in [0.2, 0.25) is 0 Å². The van der Waals surface area contributed by atoms with E-state index in [1.54, 1.807) is 23.5 Å². The average Bonchev–Trinajstić information content (AvgIpc) is 2.77. The van der Waals surface area contributed by atoms with Gasteiger partial charge in [-0.15, -0.1) is 11.3 Å². The predicted octanol–water partition coefficient (Wildman–Crippen LogP) is 3.63. The van der Waals surface area contributed by atoms with Gasteiger partial charge in [0.25, 0.3) is 0 Å². The Morgan fingerprint density at radius 1 is 1.50 bits per heavy atom. The van der Waals surface area contributed by atoms with Gasteiger partial charge in [0, 0.05) is 17.8 Å². The monoisotopic (exact) mass is 277 g/mol. The van der Waals surface area contributed by atoms with Crippen LogP contribution in [0.2, 0.25) is 5.02 Å². The summed E-state index contributed by atoms with van der Waals surface area (Å²) in [7, 11) is 0. The third kappa shape index (κ3) is 3.00. The maximum Gasteiger partial charge on any atom is 0.0992 e. The number of nitrogens with zero attached hydrogens (tertiary/aromatic N) is 2. The minimum absolute atomic E-state index is 0.573. The van der Waals surface area contributed by atoms with Crippen LogP contribution < -0.4 is 5.32 Å². The molecule has 0 saturated carbocycles. The molecular formula is C13H12ClN3S. The van der Waals surface area contributed by atoms with E-state index < -0.39 is 0 Å². The number of nitrogens with one attached hydrogen (secondary N) is 1. The van der Waals surface area contributed by atoms with Gasteiger partial charge >= 0.3 is 0 Å². The minimum Gasteiger partial charge on any atom is -0.383 e. The van der Waals surface area contributed by atoms with Gasteiger partial charge in [-0.25, -0.2) is 4.98 Å². The average molecular weight is 278 g/mol. The molecule has 0 aliphatic rings. The molecule has 1 heterocycles. The zero-order chi connectivity index (χ0) is 13.0. The molecule has 0 aliphatic heterocycles. The first-order valence-electron chi connectivity index (χ1n) is 5.53. The van der Waals surface area contributed by atoms with E-state index in [9.17, 15) is 0 Å². The van der Waals surface area contributed by atoms with E-state index in [0.717, 1.165) is 24.3 Å². The number of rotatable bonds is 4. The molecule has 0 aliphatic carbocycles. The summed E-state index contributed by atoms with van der Waals surface area (Å²) in [6, 6.07) is 7.32. The van der Waals surface area contributed by atoms with Crippen molar-refractivity contribution in [1.29, 1.82) is 5.26 Å². The molecule has 2 rings (SSSR count). The SMILES string of the molecule is Cc1ncsc1CCNc1ccc(C#N)cc1Cl. The van der Waals surface area contributed by atoms with Crippen LogP contribution in [0.1, 0.15) is 16.1 Å². The van der Waals surface area contributed by atoms with Crippen LogP contribution in [0.25, 0.3) is 0 Å². The van der Waals surface area contributed by atoms with E-state index in [1.165, 1.54) is 4.88 Å². The van der Waals surface area contributed by atoms with Crippen LogP contribution >= 0.6 is 22.9 Å². The van der Waals surface area contributed by atoms with Crippen LogP contribution in [0.4, 0.5) is 5.69 Å². The van der Waals surface area contributed by atoms with Crippen molar-refractivity contribution in [2.75, 3.05) is 11.9 Å². The number of aromatic nitrogens is 1. The summed E-state index contributed by atoms with van der Waals surface area (Å²) in [5, 5.41) is 12.6. The Hall–Kier alpha value is -1.57. The van der Waals surface area contributed by atoms with Gasteiger partial charge in [0.05, 0.1) is 33.5 Å². The molecule has 1 aromatic carbocycles. The van der Waals surface area contributed by atoms with Crippen molar-refractivity contribution >= 4 is 28.6 Å². The summed E-state index contributed by atoms with van der Waals surface area (Å²) in [4.78, 5) is 5.50. The van der Waals surface area contributed by atoms with Crippen molar-refractivity contribution in [3.05, 3.63) is 44.9 Å². The molecule has 3 nitrogen and oxygen atoms in total. The van der Waals surface area contributed by atoms with Crippen LogP contribution in [0.3, 0.4) is 0 Å². The Morgan fingerprint density at radius 3 is 2.94 bits per heavy atom. The topological polar surface area (TPSA) is 48.7 Å². The molecule has 92 valence electrons. The number of nitriles is 1. The second-order valence-corrected chi connectivity index (χ2v) is 5.19. The first-order chi connectivity index (χ1) is 8.70. The Kier molecular flexibility index (Phi) is 4.19. The molecular weight excluding hydrogens is 266 g/mol. The Morgan fingerprint density at radius 2 is 2.33 bits per heavy atom. The van der Waals surface area contributed by atoms with Gasteiger partial charge < -0.3 is 5.32 Å². The maximum atomic E-state index is 8.75. The molecule has 0 fully saturated rings. The quantitative estimate of drug-likeness (QED) is 0.928. The fourth-order valence-electron chi connectivity index (χ4n) is 1.60. The van der Waals surface area contributed by atoms with Gasteiger partial charge in [0.15, 0.2) is 0 Å². The highest BCUT2D eigenvalue weighted by Gasteiger charge is 2.03. The number of hydrogen-bond acceptors (Lipinski definition) is 4. The van der Waals surface area contributed by atoms with Crippen LogP contribution in [-0.2, 0) is 6.42 Å². The fourth-order valence-corrected chi connectivity index (χ4v) is 2.63. The standard InChI is InChI=1S/C13H12ClN3S/c1-9-13(18-8-17-9)4-5-16-12-3-2-10(7-15)6-11(12)14/h2-3,6,8,16H,4-5H2,1H3. The summed E-state index contributed by atoms with van der Waals surface area (Å²) >= 11 is 7.74. The lowest BCUT2D eigenvalue weighted by Gasteiger charge is -2.07. The minimum atomic E-state index is 0.573. The first kappa shape index (κ1) is 12.9. The highest BCUT2D eigenvalue weighted by Crippen LogP contribution is 2.23. The smallest absolute Gasteiger partial charge is 0.0992 e. The molecule has 5 heteroatoms. The number of hydrogen-bond donors (Lipinski definition) is 1. The molecule has 0 atom stereocenters. The van der Waals surface area contributed by atoms with Crippen molar-refractivity contribution in [2.45, 2.75) is 13.3 Å². The second kappa shape index (κ2) is 5.85. The van der Waals surface area contributed by atoms with Crippen LogP contribution in [0.5, 0.6) is 0 Å². The van der Waals surface area contributed by atoms with E-state index >= 15 is 0 Å². The molecule has 0 bridgehead atoms. The van der Waals surface area contributed by atoms with Crippen molar-refractivity contribution in [3.8, 4) is 6.07 Å². The summed E-state index contributed by atoms with van der Waals surface area (Å²) in [6.07, 6.45) is 0.923. The van der Waals surface area contributed by atoms with E-state index in [1.807, 2.05) is 18.5 Å². The summed E-state index contributed by atoms with van der Waals surface area (Å²) in [5.74, 6) is 0. The summed E-state index contributed by atoms with van der Waals surface area (Å²) in [6.45, 7) is 2.81. The number of aryl methyl sites for hydroxylation is 1. The van der Waals surface area contributed by atoms with E-state index in [4.69, 9.17) is 16.9 Å². The first-order valence-corrected chi connectivity index (χ1v) is 6.79. The molecule has 0 unspecified atom stereocenters. The zero-order valence-corrected chi connectivity index (χ0v) is 11.5. The number of benzene rings is 1.